The number of nitrogens with zero attached hydrogens (tertiary/aromatic N) is 2. The van der Waals surface area contributed by atoms with Crippen molar-refractivity contribution in [3.8, 4) is 5.75 Å². The number of benzene rings is 1. The van der Waals surface area contributed by atoms with Crippen molar-refractivity contribution >= 4 is 17.5 Å². The Kier molecular flexibility index (Phi) is 6.57. The lowest BCUT2D eigenvalue weighted by Gasteiger charge is -2.39. The summed E-state index contributed by atoms with van der Waals surface area (Å²) in [6.07, 6.45) is 0.131. The molecular formula is C21H31N3O4. The molecule has 7 nitrogen and oxygen atoms in total. The number of anilines is 1. The van der Waals surface area contributed by atoms with E-state index in [2.05, 4.69) is 31.0 Å². The summed E-state index contributed by atoms with van der Waals surface area (Å²) in [6, 6.07) is 7.67. The molecule has 0 saturated carbocycles. The topological polar surface area (TPSA) is 71.1 Å². The summed E-state index contributed by atoms with van der Waals surface area (Å²) in [5, 5.41) is 3.01. The van der Waals surface area contributed by atoms with Gasteiger partial charge in [0.1, 0.15) is 5.75 Å². The summed E-state index contributed by atoms with van der Waals surface area (Å²) in [6.45, 7) is 10.7. The number of rotatable bonds is 6. The van der Waals surface area contributed by atoms with Crippen LogP contribution in [0.4, 0.5) is 5.69 Å². The minimum atomic E-state index is -0.539. The van der Waals surface area contributed by atoms with Gasteiger partial charge in [0.25, 0.3) is 5.91 Å². The molecule has 7 heteroatoms. The van der Waals surface area contributed by atoms with Gasteiger partial charge >= 0.3 is 0 Å². The Hall–Kier alpha value is -2.12. The van der Waals surface area contributed by atoms with Gasteiger partial charge in [-0.1, -0.05) is 12.1 Å². The van der Waals surface area contributed by atoms with Gasteiger partial charge in [-0.3, -0.25) is 14.5 Å². The highest BCUT2D eigenvalue weighted by Crippen LogP contribution is 2.33. The Morgan fingerprint density at radius 2 is 1.89 bits per heavy atom. The van der Waals surface area contributed by atoms with Crippen LogP contribution >= 0.6 is 0 Å². The summed E-state index contributed by atoms with van der Waals surface area (Å²) in [5.41, 5.74) is 0.725. The summed E-state index contributed by atoms with van der Waals surface area (Å²) in [4.78, 5) is 28.9. The van der Waals surface area contributed by atoms with Crippen molar-refractivity contribution in [1.29, 1.82) is 0 Å². The lowest BCUT2D eigenvalue weighted by Crippen LogP contribution is -2.52. The van der Waals surface area contributed by atoms with Gasteiger partial charge in [-0.05, 0) is 39.8 Å². The highest BCUT2D eigenvalue weighted by atomic mass is 16.5. The molecule has 1 aromatic rings. The molecule has 4 unspecified atom stereocenters. The van der Waals surface area contributed by atoms with Gasteiger partial charge in [-0.15, -0.1) is 0 Å². The average Bonchev–Trinajstić information content (AvgIpc) is 2.65. The SMILES string of the molecule is CC1CN(C(C)CNC(=O)CCN2C(=O)C(C)Oc3ccccc32)CC(C)O1. The first-order valence-corrected chi connectivity index (χ1v) is 10.1. The maximum atomic E-state index is 12.5. The fraction of sp³-hybridized carbons (Fsp3) is 0.619. The molecule has 2 aliphatic rings. The molecule has 1 aromatic carbocycles. The maximum absolute atomic E-state index is 12.5. The van der Waals surface area contributed by atoms with E-state index in [0.717, 1.165) is 18.8 Å². The van der Waals surface area contributed by atoms with E-state index in [-0.39, 0.29) is 36.5 Å². The zero-order chi connectivity index (χ0) is 20.3. The molecule has 0 spiro atoms. The Balaban J connectivity index is 1.50. The number of ether oxygens (including phenoxy) is 2. The smallest absolute Gasteiger partial charge is 0.267 e. The summed E-state index contributed by atoms with van der Waals surface area (Å²) in [5.74, 6) is 0.515. The molecular weight excluding hydrogens is 358 g/mol. The van der Waals surface area contributed by atoms with Crippen molar-refractivity contribution in [1.82, 2.24) is 10.2 Å². The lowest BCUT2D eigenvalue weighted by molar-refractivity contribution is -0.125. The second kappa shape index (κ2) is 8.92. The van der Waals surface area contributed by atoms with Gasteiger partial charge in [-0.25, -0.2) is 0 Å². The molecule has 4 atom stereocenters. The van der Waals surface area contributed by atoms with Crippen molar-refractivity contribution in [3.05, 3.63) is 24.3 Å². The highest BCUT2D eigenvalue weighted by molar-refractivity contribution is 6.00. The van der Waals surface area contributed by atoms with Crippen LogP contribution in [0.3, 0.4) is 0 Å². The monoisotopic (exact) mass is 389 g/mol. The van der Waals surface area contributed by atoms with E-state index in [9.17, 15) is 9.59 Å². The molecule has 0 radical (unpaired) electrons. The van der Waals surface area contributed by atoms with E-state index in [0.29, 0.717) is 18.8 Å². The minimum Gasteiger partial charge on any atom is -0.479 e. The summed E-state index contributed by atoms with van der Waals surface area (Å²) in [7, 11) is 0. The average molecular weight is 389 g/mol. The first-order chi connectivity index (χ1) is 13.3. The number of amides is 2. The number of carbonyl (C=O) groups excluding carboxylic acids is 2. The van der Waals surface area contributed by atoms with Crippen LogP contribution in [0.25, 0.3) is 0 Å². The number of hydrogen-bond acceptors (Lipinski definition) is 5. The maximum Gasteiger partial charge on any atom is 0.267 e. The lowest BCUT2D eigenvalue weighted by atomic mass is 10.1. The highest BCUT2D eigenvalue weighted by Gasteiger charge is 2.31. The fourth-order valence-electron chi connectivity index (χ4n) is 3.86. The Labute approximate surface area is 167 Å². The van der Waals surface area contributed by atoms with Gasteiger partial charge in [0.15, 0.2) is 6.10 Å². The predicted octanol–water partition coefficient (Wildman–Crippen LogP) is 1.80. The first kappa shape index (κ1) is 20.6. The second-order valence-electron chi connectivity index (χ2n) is 7.83. The standard InChI is InChI=1S/C21H31N3O4/c1-14(23-12-15(2)27-16(3)13-23)11-22-20(25)9-10-24-18-7-5-6-8-19(18)28-17(4)21(24)26/h5-8,14-17H,9-13H2,1-4H3,(H,22,25). The summed E-state index contributed by atoms with van der Waals surface area (Å²) >= 11 is 0. The fourth-order valence-corrected chi connectivity index (χ4v) is 3.86. The van der Waals surface area contributed by atoms with Gasteiger partial charge in [0, 0.05) is 38.6 Å². The normalized spacial score (nSPS) is 26.4. The third-order valence-electron chi connectivity index (χ3n) is 5.30. The molecule has 0 aliphatic carbocycles. The minimum absolute atomic E-state index is 0.0503. The van der Waals surface area contributed by atoms with Crippen molar-refractivity contribution < 1.29 is 19.1 Å². The Morgan fingerprint density at radius 3 is 2.61 bits per heavy atom. The Bertz CT molecular complexity index is 701. The first-order valence-electron chi connectivity index (χ1n) is 10.1. The van der Waals surface area contributed by atoms with Crippen molar-refractivity contribution in [2.45, 2.75) is 58.5 Å². The molecule has 154 valence electrons. The van der Waals surface area contributed by atoms with Crippen LogP contribution in [0.2, 0.25) is 0 Å². The largest absolute Gasteiger partial charge is 0.479 e. The van der Waals surface area contributed by atoms with Gasteiger partial charge in [0.05, 0.1) is 17.9 Å². The van der Waals surface area contributed by atoms with Crippen molar-refractivity contribution in [2.75, 3.05) is 31.1 Å². The van der Waals surface area contributed by atoms with E-state index in [1.54, 1.807) is 11.8 Å². The van der Waals surface area contributed by atoms with E-state index in [1.165, 1.54) is 0 Å². The predicted molar refractivity (Wildman–Crippen MR) is 108 cm³/mol. The van der Waals surface area contributed by atoms with Crippen LogP contribution in [0.15, 0.2) is 24.3 Å². The second-order valence-corrected chi connectivity index (χ2v) is 7.83. The molecule has 1 fully saturated rings. The number of nitrogens with one attached hydrogen (secondary N) is 1. The number of morpholine rings is 1. The van der Waals surface area contributed by atoms with Crippen LogP contribution in [0.1, 0.15) is 34.1 Å². The van der Waals surface area contributed by atoms with Crippen molar-refractivity contribution in [3.63, 3.8) is 0 Å². The molecule has 0 aromatic heterocycles. The number of hydrogen-bond donors (Lipinski definition) is 1. The molecule has 28 heavy (non-hydrogen) atoms. The molecule has 0 bridgehead atoms. The van der Waals surface area contributed by atoms with E-state index in [4.69, 9.17) is 9.47 Å². The third-order valence-corrected chi connectivity index (χ3v) is 5.30. The molecule has 1 saturated heterocycles. The number of para-hydroxylation sites is 2. The summed E-state index contributed by atoms with van der Waals surface area (Å²) < 4.78 is 11.4. The van der Waals surface area contributed by atoms with Crippen LogP contribution in [0.5, 0.6) is 5.75 Å². The zero-order valence-electron chi connectivity index (χ0n) is 17.2. The molecule has 2 aliphatic heterocycles. The van der Waals surface area contributed by atoms with Gasteiger partial charge in [-0.2, -0.15) is 0 Å². The Morgan fingerprint density at radius 1 is 1.21 bits per heavy atom. The molecule has 1 N–H and O–H groups in total. The van der Waals surface area contributed by atoms with E-state index < -0.39 is 6.10 Å². The van der Waals surface area contributed by atoms with Crippen LogP contribution in [-0.2, 0) is 14.3 Å². The van der Waals surface area contributed by atoms with Crippen LogP contribution < -0.4 is 15.0 Å². The van der Waals surface area contributed by atoms with Gasteiger partial charge < -0.3 is 19.7 Å². The molecule has 2 heterocycles. The van der Waals surface area contributed by atoms with Crippen molar-refractivity contribution in [2.24, 2.45) is 0 Å². The van der Waals surface area contributed by atoms with Gasteiger partial charge in [0.2, 0.25) is 5.91 Å². The number of fused-ring (bicyclic) bond motifs is 1. The zero-order valence-corrected chi connectivity index (χ0v) is 17.2. The van der Waals surface area contributed by atoms with Crippen LogP contribution in [0, 0.1) is 0 Å². The third kappa shape index (κ3) is 4.83. The van der Waals surface area contributed by atoms with E-state index in [1.807, 2.05) is 24.3 Å². The molecule has 3 rings (SSSR count). The van der Waals surface area contributed by atoms with Crippen LogP contribution in [-0.4, -0.2) is 67.2 Å². The molecule has 2 amide bonds. The van der Waals surface area contributed by atoms with E-state index >= 15 is 0 Å². The quantitative estimate of drug-likeness (QED) is 0.803. The number of carbonyl (C=O) groups is 2.